The normalized spacial score (nSPS) is 15.8. The van der Waals surface area contributed by atoms with Crippen LogP contribution in [-0.4, -0.2) is 38.5 Å². The molecular formula is C18H13F3N4O5. The van der Waals surface area contributed by atoms with Gasteiger partial charge in [-0.05, 0) is 28.7 Å². The second kappa shape index (κ2) is 7.54. The number of aromatic nitrogens is 3. The van der Waals surface area contributed by atoms with Crippen molar-refractivity contribution in [1.29, 1.82) is 0 Å². The fourth-order valence-corrected chi connectivity index (χ4v) is 2.87. The number of ether oxygens (including phenoxy) is 3. The van der Waals surface area contributed by atoms with Gasteiger partial charge in [-0.15, -0.1) is 13.2 Å². The number of hydrogen-bond acceptors (Lipinski definition) is 7. The number of nitrogens with zero attached hydrogens (tertiary/aromatic N) is 4. The first kappa shape index (κ1) is 19.5. The van der Waals surface area contributed by atoms with E-state index in [1.807, 2.05) is 0 Å². The van der Waals surface area contributed by atoms with Gasteiger partial charge >= 0.3 is 18.2 Å². The van der Waals surface area contributed by atoms with E-state index < -0.39 is 17.4 Å². The van der Waals surface area contributed by atoms with E-state index in [1.54, 1.807) is 12.1 Å². The fraction of sp³-hybridized carbons (Fsp3) is 0.222. The number of benzene rings is 1. The molecule has 0 N–H and O–H groups in total. The number of imidazole rings is 1. The van der Waals surface area contributed by atoms with Crippen LogP contribution in [0, 0.1) is 10.1 Å². The molecule has 0 saturated heterocycles. The summed E-state index contributed by atoms with van der Waals surface area (Å²) in [6, 6.07) is 8.88. The summed E-state index contributed by atoms with van der Waals surface area (Å²) >= 11 is 0. The summed E-state index contributed by atoms with van der Waals surface area (Å²) in [5.74, 6) is -0.308. The lowest BCUT2D eigenvalue weighted by atomic mass is 10.1. The van der Waals surface area contributed by atoms with E-state index in [4.69, 9.17) is 9.47 Å². The molecule has 9 nitrogen and oxygen atoms in total. The van der Waals surface area contributed by atoms with Crippen molar-refractivity contribution in [3.8, 4) is 28.8 Å². The van der Waals surface area contributed by atoms with Crippen molar-refractivity contribution in [3.05, 3.63) is 58.9 Å². The number of halogens is 3. The molecule has 0 spiro atoms. The lowest BCUT2D eigenvalue weighted by Gasteiger charge is -2.22. The van der Waals surface area contributed by atoms with Crippen LogP contribution in [0.1, 0.15) is 0 Å². The first-order valence-electron chi connectivity index (χ1n) is 8.60. The van der Waals surface area contributed by atoms with Gasteiger partial charge in [-0.1, -0.05) is 12.1 Å². The van der Waals surface area contributed by atoms with Gasteiger partial charge in [-0.3, -0.25) is 4.57 Å². The van der Waals surface area contributed by atoms with E-state index in [0.29, 0.717) is 23.6 Å². The highest BCUT2D eigenvalue weighted by molar-refractivity contribution is 5.63. The molecule has 1 aliphatic heterocycles. The van der Waals surface area contributed by atoms with Crippen LogP contribution < -0.4 is 14.2 Å². The zero-order valence-electron chi connectivity index (χ0n) is 15.1. The van der Waals surface area contributed by atoms with Gasteiger partial charge in [0.2, 0.25) is 5.88 Å². The van der Waals surface area contributed by atoms with Crippen LogP contribution in [0.3, 0.4) is 0 Å². The maximum absolute atomic E-state index is 12.2. The van der Waals surface area contributed by atoms with Crippen LogP contribution in [0.4, 0.5) is 19.0 Å². The molecule has 0 fully saturated rings. The second-order valence-corrected chi connectivity index (χ2v) is 6.30. The van der Waals surface area contributed by atoms with Crippen molar-refractivity contribution in [2.45, 2.75) is 19.0 Å². The Hall–Kier alpha value is -3.83. The minimum atomic E-state index is -4.74. The largest absolute Gasteiger partial charge is 0.573 e. The van der Waals surface area contributed by atoms with Gasteiger partial charge in [0.25, 0.3) is 0 Å². The lowest BCUT2D eigenvalue weighted by molar-refractivity contribution is -0.389. The first-order valence-corrected chi connectivity index (χ1v) is 8.60. The van der Waals surface area contributed by atoms with Gasteiger partial charge in [-0.2, -0.15) is 0 Å². The van der Waals surface area contributed by atoms with Crippen LogP contribution in [0.15, 0.2) is 48.8 Å². The molecule has 1 aromatic carbocycles. The smallest absolute Gasteiger partial charge is 0.469 e. The highest BCUT2D eigenvalue weighted by atomic mass is 19.4. The average molecular weight is 422 g/mol. The molecule has 0 unspecified atom stereocenters. The molecule has 30 heavy (non-hydrogen) atoms. The Balaban J connectivity index is 1.40. The molecule has 4 rings (SSSR count). The number of alkyl halides is 3. The number of hydrogen-bond donors (Lipinski definition) is 0. The molecule has 0 amide bonds. The third-order valence-corrected chi connectivity index (χ3v) is 4.16. The van der Waals surface area contributed by atoms with E-state index in [9.17, 15) is 23.3 Å². The minimum absolute atomic E-state index is 0.151. The van der Waals surface area contributed by atoms with Crippen LogP contribution in [0.25, 0.3) is 11.1 Å². The van der Waals surface area contributed by atoms with Crippen LogP contribution in [-0.2, 0) is 6.54 Å². The van der Waals surface area contributed by atoms with Gasteiger partial charge in [0.1, 0.15) is 18.6 Å². The summed E-state index contributed by atoms with van der Waals surface area (Å²) in [4.78, 5) is 18.2. The Kier molecular flexibility index (Phi) is 4.90. The SMILES string of the molecule is O=[N+]([O-])c1cn2c(n1)OC[C@@H](Oc1ccc(-c3ccc(OC(F)(F)F)cc3)cn1)C2. The van der Waals surface area contributed by atoms with Gasteiger partial charge < -0.3 is 24.3 Å². The van der Waals surface area contributed by atoms with Crippen LogP contribution in [0.5, 0.6) is 17.6 Å². The Morgan fingerprint density at radius 2 is 1.90 bits per heavy atom. The minimum Gasteiger partial charge on any atom is -0.469 e. The monoisotopic (exact) mass is 422 g/mol. The maximum Gasteiger partial charge on any atom is 0.573 e. The van der Waals surface area contributed by atoms with Gasteiger partial charge in [-0.25, -0.2) is 4.98 Å². The zero-order chi connectivity index (χ0) is 21.3. The number of pyridine rings is 1. The summed E-state index contributed by atoms with van der Waals surface area (Å²) in [5.41, 5.74) is 1.33. The van der Waals surface area contributed by atoms with Crippen molar-refractivity contribution in [1.82, 2.24) is 14.5 Å². The molecule has 0 radical (unpaired) electrons. The summed E-state index contributed by atoms with van der Waals surface area (Å²) in [7, 11) is 0. The molecule has 12 heteroatoms. The summed E-state index contributed by atoms with van der Waals surface area (Å²) < 4.78 is 53.2. The Bertz CT molecular complexity index is 1050. The summed E-state index contributed by atoms with van der Waals surface area (Å²) in [5, 5.41) is 10.8. The molecule has 1 atom stereocenters. The van der Waals surface area contributed by atoms with Crippen molar-refractivity contribution in [2.75, 3.05) is 6.61 Å². The Morgan fingerprint density at radius 3 is 2.53 bits per heavy atom. The molecule has 156 valence electrons. The Labute approximate surface area is 166 Å². The van der Waals surface area contributed by atoms with Crippen molar-refractivity contribution in [3.63, 3.8) is 0 Å². The summed E-state index contributed by atoms with van der Waals surface area (Å²) in [6.45, 7) is 0.457. The van der Waals surface area contributed by atoms with Gasteiger partial charge in [0.15, 0.2) is 6.10 Å². The third kappa shape index (κ3) is 4.42. The van der Waals surface area contributed by atoms with E-state index in [0.717, 1.165) is 0 Å². The van der Waals surface area contributed by atoms with E-state index in [-0.39, 0.29) is 24.2 Å². The van der Waals surface area contributed by atoms with Crippen LogP contribution >= 0.6 is 0 Å². The van der Waals surface area contributed by atoms with Gasteiger partial charge in [0, 0.05) is 22.8 Å². The number of rotatable bonds is 5. The molecule has 3 aromatic rings. The topological polar surface area (TPSA) is 102 Å². The van der Waals surface area contributed by atoms with Crippen molar-refractivity contribution in [2.24, 2.45) is 0 Å². The standard InChI is InChI=1S/C18H13F3N4O5/c19-18(20,21)30-13-4-1-11(2-5-13)12-3-6-16(22-7-12)29-14-8-24-9-15(25(26)27)23-17(24)28-10-14/h1-7,9,14H,8,10H2/t14-/m0/s1. The quantitative estimate of drug-likeness (QED) is 0.457. The van der Waals surface area contributed by atoms with E-state index in [1.165, 1.54) is 41.2 Å². The van der Waals surface area contributed by atoms with Gasteiger partial charge in [0.05, 0.1) is 6.54 Å². The Morgan fingerprint density at radius 1 is 1.17 bits per heavy atom. The predicted molar refractivity (Wildman–Crippen MR) is 95.1 cm³/mol. The molecule has 2 aromatic heterocycles. The lowest BCUT2D eigenvalue weighted by Crippen LogP contribution is -2.34. The van der Waals surface area contributed by atoms with E-state index >= 15 is 0 Å². The third-order valence-electron chi connectivity index (χ3n) is 4.16. The van der Waals surface area contributed by atoms with Crippen LogP contribution in [0.2, 0.25) is 0 Å². The van der Waals surface area contributed by atoms with E-state index in [2.05, 4.69) is 14.7 Å². The molecule has 0 aliphatic carbocycles. The average Bonchev–Trinajstić information content (AvgIpc) is 3.12. The molecule has 0 saturated carbocycles. The zero-order valence-corrected chi connectivity index (χ0v) is 15.1. The summed E-state index contributed by atoms with van der Waals surface area (Å²) in [6.07, 6.45) is -2.38. The molecule has 1 aliphatic rings. The van der Waals surface area contributed by atoms with Crippen molar-refractivity contribution >= 4 is 5.82 Å². The molecular weight excluding hydrogens is 409 g/mol. The highest BCUT2D eigenvalue weighted by Gasteiger charge is 2.31. The fourth-order valence-electron chi connectivity index (χ4n) is 2.87. The maximum atomic E-state index is 12.2. The molecule has 0 bridgehead atoms. The predicted octanol–water partition coefficient (Wildman–Crippen LogP) is 3.59. The second-order valence-electron chi connectivity index (χ2n) is 6.30. The molecule has 3 heterocycles. The first-order chi connectivity index (χ1) is 14.3. The number of fused-ring (bicyclic) bond motifs is 1. The highest BCUT2D eigenvalue weighted by Crippen LogP contribution is 2.27. The number of nitro groups is 1. The van der Waals surface area contributed by atoms with Crippen molar-refractivity contribution < 1.29 is 32.3 Å².